The second-order valence-corrected chi connectivity index (χ2v) is 6.85. The fraction of sp³-hybridized carbons (Fsp3) is 0.263. The molecule has 0 aliphatic heterocycles. The van der Waals surface area contributed by atoms with E-state index in [1.54, 1.807) is 23.7 Å². The normalized spacial score (nSPS) is 11.0. The fourth-order valence-electron chi connectivity index (χ4n) is 2.44. The van der Waals surface area contributed by atoms with Crippen LogP contribution in [0.25, 0.3) is 10.9 Å². The van der Waals surface area contributed by atoms with Crippen molar-refractivity contribution in [3.63, 3.8) is 0 Å². The molecule has 2 aromatic carbocycles. The third-order valence-electron chi connectivity index (χ3n) is 3.79. The average Bonchev–Trinajstić information content (AvgIpc) is 2.61. The van der Waals surface area contributed by atoms with Crippen LogP contribution in [0.4, 0.5) is 4.39 Å². The third kappa shape index (κ3) is 4.20. The van der Waals surface area contributed by atoms with Crippen molar-refractivity contribution in [2.24, 2.45) is 7.05 Å². The zero-order valence-electron chi connectivity index (χ0n) is 14.2. The molecule has 0 aliphatic carbocycles. The van der Waals surface area contributed by atoms with Gasteiger partial charge in [0.15, 0.2) is 5.16 Å². The van der Waals surface area contributed by atoms with E-state index in [1.165, 1.54) is 23.9 Å². The summed E-state index contributed by atoms with van der Waals surface area (Å²) >= 11 is 1.53. The van der Waals surface area contributed by atoms with Gasteiger partial charge in [-0.05, 0) is 49.7 Å². The monoisotopic (exact) mass is 358 g/mol. The van der Waals surface area contributed by atoms with Gasteiger partial charge in [-0.25, -0.2) is 9.37 Å². The predicted molar refractivity (Wildman–Crippen MR) is 99.0 cm³/mol. The van der Waals surface area contributed by atoms with E-state index in [2.05, 4.69) is 4.98 Å². The van der Waals surface area contributed by atoms with Gasteiger partial charge in [0.2, 0.25) is 0 Å². The van der Waals surface area contributed by atoms with Gasteiger partial charge in [0, 0.05) is 12.8 Å². The lowest BCUT2D eigenvalue weighted by atomic mass is 10.2. The number of nitrogens with zero attached hydrogens (tertiary/aromatic N) is 2. The summed E-state index contributed by atoms with van der Waals surface area (Å²) in [6, 6.07) is 11.7. The lowest BCUT2D eigenvalue weighted by Crippen LogP contribution is -2.20. The SMILES string of the molecule is Cc1ccc2nc(SCCCOc3ccc(F)cc3)n(C)c(=O)c2c1. The van der Waals surface area contributed by atoms with Crippen molar-refractivity contribution in [2.45, 2.75) is 18.5 Å². The Kier molecular flexibility index (Phi) is 5.38. The first-order valence-electron chi connectivity index (χ1n) is 8.03. The molecule has 0 saturated heterocycles. The van der Waals surface area contributed by atoms with Crippen molar-refractivity contribution in [1.29, 1.82) is 0 Å². The average molecular weight is 358 g/mol. The Hall–Kier alpha value is -2.34. The molecule has 0 atom stereocenters. The maximum absolute atomic E-state index is 12.8. The summed E-state index contributed by atoms with van der Waals surface area (Å²) < 4.78 is 20.0. The Morgan fingerprint density at radius 3 is 2.72 bits per heavy atom. The van der Waals surface area contributed by atoms with Crippen molar-refractivity contribution in [1.82, 2.24) is 9.55 Å². The Morgan fingerprint density at radius 1 is 1.20 bits per heavy atom. The summed E-state index contributed by atoms with van der Waals surface area (Å²) in [5.74, 6) is 1.15. The lowest BCUT2D eigenvalue weighted by Gasteiger charge is -2.09. The molecule has 0 amide bonds. The van der Waals surface area contributed by atoms with Gasteiger partial charge in [0.1, 0.15) is 11.6 Å². The number of thioether (sulfide) groups is 1. The molecule has 0 fully saturated rings. The van der Waals surface area contributed by atoms with Gasteiger partial charge in [0.25, 0.3) is 5.56 Å². The van der Waals surface area contributed by atoms with Crippen molar-refractivity contribution in [2.75, 3.05) is 12.4 Å². The second kappa shape index (κ2) is 7.70. The molecule has 3 aromatic rings. The highest BCUT2D eigenvalue weighted by Gasteiger charge is 2.08. The zero-order chi connectivity index (χ0) is 17.8. The summed E-state index contributed by atoms with van der Waals surface area (Å²) in [7, 11) is 1.74. The van der Waals surface area contributed by atoms with Crippen LogP contribution in [0.2, 0.25) is 0 Å². The fourth-order valence-corrected chi connectivity index (χ4v) is 3.32. The highest BCUT2D eigenvalue weighted by molar-refractivity contribution is 7.99. The van der Waals surface area contributed by atoms with E-state index in [-0.39, 0.29) is 11.4 Å². The lowest BCUT2D eigenvalue weighted by molar-refractivity contribution is 0.318. The third-order valence-corrected chi connectivity index (χ3v) is 4.91. The van der Waals surface area contributed by atoms with E-state index in [0.717, 1.165) is 23.3 Å². The minimum atomic E-state index is -0.276. The number of rotatable bonds is 6. The van der Waals surface area contributed by atoms with E-state index < -0.39 is 0 Å². The Morgan fingerprint density at radius 2 is 1.96 bits per heavy atom. The van der Waals surface area contributed by atoms with E-state index in [9.17, 15) is 9.18 Å². The molecule has 25 heavy (non-hydrogen) atoms. The first-order valence-corrected chi connectivity index (χ1v) is 9.02. The molecule has 1 heterocycles. The minimum absolute atomic E-state index is 0.0289. The van der Waals surface area contributed by atoms with Gasteiger partial charge in [-0.2, -0.15) is 0 Å². The Labute approximate surface area is 149 Å². The van der Waals surface area contributed by atoms with E-state index in [0.29, 0.717) is 22.9 Å². The van der Waals surface area contributed by atoms with E-state index in [4.69, 9.17) is 4.74 Å². The highest BCUT2D eigenvalue weighted by atomic mass is 32.2. The molecule has 0 N–H and O–H groups in total. The molecular weight excluding hydrogens is 339 g/mol. The van der Waals surface area contributed by atoms with Crippen molar-refractivity contribution >= 4 is 22.7 Å². The van der Waals surface area contributed by atoms with Crippen LogP contribution in [0.15, 0.2) is 52.4 Å². The second-order valence-electron chi connectivity index (χ2n) is 5.78. The summed E-state index contributed by atoms with van der Waals surface area (Å²) in [4.78, 5) is 17.0. The maximum atomic E-state index is 12.8. The van der Waals surface area contributed by atoms with Gasteiger partial charge in [-0.15, -0.1) is 0 Å². The van der Waals surface area contributed by atoms with Crippen LogP contribution in [0, 0.1) is 12.7 Å². The van der Waals surface area contributed by atoms with Crippen LogP contribution in [-0.2, 0) is 7.05 Å². The minimum Gasteiger partial charge on any atom is -0.494 e. The summed E-state index contributed by atoms with van der Waals surface area (Å²) in [5, 5.41) is 1.34. The van der Waals surface area contributed by atoms with Crippen LogP contribution in [-0.4, -0.2) is 21.9 Å². The standard InChI is InChI=1S/C19H19FN2O2S/c1-13-4-9-17-16(12-13)18(23)22(2)19(21-17)25-11-3-10-24-15-7-5-14(20)6-8-15/h4-9,12H,3,10-11H2,1-2H3. The molecule has 6 heteroatoms. The Balaban J connectivity index is 1.59. The van der Waals surface area contributed by atoms with Crippen LogP contribution >= 0.6 is 11.8 Å². The molecule has 0 spiro atoms. The molecule has 0 radical (unpaired) electrons. The van der Waals surface area contributed by atoms with E-state index in [1.807, 2.05) is 25.1 Å². The number of fused-ring (bicyclic) bond motifs is 1. The predicted octanol–water partition coefficient (Wildman–Crippen LogP) is 3.94. The summed E-state index contributed by atoms with van der Waals surface area (Å²) in [6.07, 6.45) is 0.795. The smallest absolute Gasteiger partial charge is 0.261 e. The van der Waals surface area contributed by atoms with E-state index >= 15 is 0 Å². The van der Waals surface area contributed by atoms with Gasteiger partial charge in [-0.3, -0.25) is 9.36 Å². The number of aryl methyl sites for hydroxylation is 1. The van der Waals surface area contributed by atoms with Crippen LogP contribution < -0.4 is 10.3 Å². The molecule has 0 bridgehead atoms. The molecule has 1 aromatic heterocycles. The maximum Gasteiger partial charge on any atom is 0.261 e. The quantitative estimate of drug-likeness (QED) is 0.380. The summed E-state index contributed by atoms with van der Waals surface area (Å²) in [6.45, 7) is 2.49. The zero-order valence-corrected chi connectivity index (χ0v) is 15.0. The Bertz CT molecular complexity index is 939. The van der Waals surface area contributed by atoms with Crippen LogP contribution in [0.5, 0.6) is 5.75 Å². The van der Waals surface area contributed by atoms with Crippen molar-refractivity contribution in [3.05, 3.63) is 64.2 Å². The number of aromatic nitrogens is 2. The van der Waals surface area contributed by atoms with Gasteiger partial charge < -0.3 is 4.74 Å². The largest absolute Gasteiger partial charge is 0.494 e. The van der Waals surface area contributed by atoms with Gasteiger partial charge in [0.05, 0.1) is 17.5 Å². The molecule has 0 saturated carbocycles. The number of hydrogen-bond acceptors (Lipinski definition) is 4. The highest BCUT2D eigenvalue weighted by Crippen LogP contribution is 2.19. The van der Waals surface area contributed by atoms with Crippen LogP contribution in [0.1, 0.15) is 12.0 Å². The molecule has 4 nitrogen and oxygen atoms in total. The molecular formula is C19H19FN2O2S. The first-order chi connectivity index (χ1) is 12.0. The molecule has 130 valence electrons. The molecule has 3 rings (SSSR count). The van der Waals surface area contributed by atoms with Crippen LogP contribution in [0.3, 0.4) is 0 Å². The van der Waals surface area contributed by atoms with Gasteiger partial charge >= 0.3 is 0 Å². The van der Waals surface area contributed by atoms with Gasteiger partial charge in [-0.1, -0.05) is 23.4 Å². The number of ether oxygens (including phenoxy) is 1. The first kappa shape index (κ1) is 17.5. The van der Waals surface area contributed by atoms with Crippen molar-refractivity contribution < 1.29 is 9.13 Å². The van der Waals surface area contributed by atoms with Crippen molar-refractivity contribution in [3.8, 4) is 5.75 Å². The number of hydrogen-bond donors (Lipinski definition) is 0. The molecule has 0 aliphatic rings. The number of halogens is 1. The topological polar surface area (TPSA) is 44.1 Å². The number of benzene rings is 2. The molecule has 0 unspecified atom stereocenters. The summed E-state index contributed by atoms with van der Waals surface area (Å²) in [5.41, 5.74) is 1.74.